The van der Waals surface area contributed by atoms with Gasteiger partial charge in [0.2, 0.25) is 5.88 Å². The van der Waals surface area contributed by atoms with Crippen molar-refractivity contribution in [3.05, 3.63) is 48.0 Å². The summed E-state index contributed by atoms with van der Waals surface area (Å²) in [6.45, 7) is 2.93. The average molecular weight is 294 g/mol. The van der Waals surface area contributed by atoms with Crippen LogP contribution in [0.2, 0.25) is 0 Å². The summed E-state index contributed by atoms with van der Waals surface area (Å²) in [6.07, 6.45) is 4.51. The van der Waals surface area contributed by atoms with Crippen LogP contribution in [0.15, 0.2) is 36.8 Å². The van der Waals surface area contributed by atoms with E-state index in [0.717, 1.165) is 35.4 Å². The number of benzene rings is 1. The van der Waals surface area contributed by atoms with Gasteiger partial charge < -0.3 is 14.6 Å². The van der Waals surface area contributed by atoms with E-state index in [0.29, 0.717) is 11.9 Å². The van der Waals surface area contributed by atoms with Crippen molar-refractivity contribution in [2.45, 2.75) is 25.9 Å². The minimum absolute atomic E-state index is 0.414. The van der Waals surface area contributed by atoms with Gasteiger partial charge in [-0.25, -0.2) is 9.97 Å². The van der Waals surface area contributed by atoms with Crippen molar-refractivity contribution in [1.82, 2.24) is 19.9 Å². The topological polar surface area (TPSA) is 52.0 Å². The lowest BCUT2D eigenvalue weighted by Gasteiger charge is -2.23. The first-order valence-corrected chi connectivity index (χ1v) is 7.50. The zero-order valence-electron chi connectivity index (χ0n) is 12.7. The van der Waals surface area contributed by atoms with Gasteiger partial charge in [0.1, 0.15) is 12.1 Å². The van der Waals surface area contributed by atoms with Crippen LogP contribution >= 0.6 is 0 Å². The highest BCUT2D eigenvalue weighted by Gasteiger charge is 2.20. The van der Waals surface area contributed by atoms with E-state index < -0.39 is 0 Å². The normalized spacial score (nSPS) is 17.5. The summed E-state index contributed by atoms with van der Waals surface area (Å²) in [5, 5.41) is 4.57. The fourth-order valence-corrected chi connectivity index (χ4v) is 2.96. The highest BCUT2D eigenvalue weighted by Crippen LogP contribution is 2.29. The summed E-state index contributed by atoms with van der Waals surface area (Å²) in [7, 11) is 2.04. The van der Waals surface area contributed by atoms with Gasteiger partial charge in [0.25, 0.3) is 0 Å². The number of nitrogens with zero attached hydrogens (tertiary/aromatic N) is 3. The number of nitrogens with one attached hydrogen (secondary N) is 1. The Morgan fingerprint density at radius 3 is 3.09 bits per heavy atom. The third kappa shape index (κ3) is 2.23. The minimum atomic E-state index is 0.414. The van der Waals surface area contributed by atoms with E-state index in [2.05, 4.69) is 38.9 Å². The van der Waals surface area contributed by atoms with Crippen molar-refractivity contribution in [1.29, 1.82) is 0 Å². The van der Waals surface area contributed by atoms with Gasteiger partial charge in [0, 0.05) is 42.3 Å². The molecule has 3 aromatic rings. The molecule has 5 nitrogen and oxygen atoms in total. The van der Waals surface area contributed by atoms with Gasteiger partial charge in [-0.1, -0.05) is 0 Å². The van der Waals surface area contributed by atoms with Crippen LogP contribution in [0, 0.1) is 0 Å². The van der Waals surface area contributed by atoms with Crippen molar-refractivity contribution in [3.63, 3.8) is 0 Å². The molecule has 1 aromatic carbocycles. The van der Waals surface area contributed by atoms with E-state index in [1.807, 2.05) is 25.4 Å². The summed E-state index contributed by atoms with van der Waals surface area (Å²) >= 11 is 0. The van der Waals surface area contributed by atoms with Crippen molar-refractivity contribution in [2.75, 3.05) is 0 Å². The van der Waals surface area contributed by atoms with E-state index in [1.165, 1.54) is 5.52 Å². The molecule has 0 radical (unpaired) electrons. The Labute approximate surface area is 129 Å². The van der Waals surface area contributed by atoms with Gasteiger partial charge in [-0.3, -0.25) is 0 Å². The van der Waals surface area contributed by atoms with Gasteiger partial charge in [-0.05, 0) is 37.6 Å². The van der Waals surface area contributed by atoms with Gasteiger partial charge in [-0.15, -0.1) is 0 Å². The first-order valence-electron chi connectivity index (χ1n) is 7.50. The monoisotopic (exact) mass is 294 g/mol. The predicted molar refractivity (Wildman–Crippen MR) is 85.0 cm³/mol. The molecule has 5 heteroatoms. The Balaban J connectivity index is 1.70. The van der Waals surface area contributed by atoms with Crippen molar-refractivity contribution >= 4 is 10.9 Å². The Kier molecular flexibility index (Phi) is 3.08. The largest absolute Gasteiger partial charge is 0.439 e. The molecular formula is C17H18N4O. The second-order valence-electron chi connectivity index (χ2n) is 5.84. The zero-order valence-corrected chi connectivity index (χ0v) is 12.7. The molecule has 1 N–H and O–H groups in total. The molecule has 0 saturated heterocycles. The molecule has 1 unspecified atom stereocenters. The minimum Gasteiger partial charge on any atom is -0.439 e. The molecule has 112 valence electrons. The fourth-order valence-electron chi connectivity index (χ4n) is 2.96. The summed E-state index contributed by atoms with van der Waals surface area (Å²) < 4.78 is 8.15. The molecule has 1 aliphatic heterocycles. The number of hydrogen-bond donors (Lipinski definition) is 1. The molecule has 0 spiro atoms. The van der Waals surface area contributed by atoms with Gasteiger partial charge in [0.05, 0.1) is 5.69 Å². The standard InChI is InChI=1S/C17H18N4O/c1-11-7-14-15(9-18-11)19-10-20-17(14)22-13-3-4-16-12(8-13)5-6-21(16)2/h3-6,8,10-11,18H,7,9H2,1-2H3. The van der Waals surface area contributed by atoms with E-state index in [9.17, 15) is 0 Å². The molecule has 4 rings (SSSR count). The third-order valence-corrected chi connectivity index (χ3v) is 4.19. The van der Waals surface area contributed by atoms with Crippen LogP contribution in [0.25, 0.3) is 10.9 Å². The highest BCUT2D eigenvalue weighted by atomic mass is 16.5. The molecule has 2 aromatic heterocycles. The zero-order chi connectivity index (χ0) is 15.1. The SMILES string of the molecule is CC1Cc2c(ncnc2Oc2ccc3c(ccn3C)c2)CN1. The lowest BCUT2D eigenvalue weighted by molar-refractivity contribution is 0.430. The van der Waals surface area contributed by atoms with Gasteiger partial charge >= 0.3 is 0 Å². The molecule has 0 saturated carbocycles. The number of aryl methyl sites for hydroxylation is 1. The highest BCUT2D eigenvalue weighted by molar-refractivity contribution is 5.81. The lowest BCUT2D eigenvalue weighted by atomic mass is 10.0. The van der Waals surface area contributed by atoms with E-state index >= 15 is 0 Å². The smallest absolute Gasteiger partial charge is 0.225 e. The Morgan fingerprint density at radius 1 is 1.27 bits per heavy atom. The van der Waals surface area contributed by atoms with Crippen LogP contribution in [-0.4, -0.2) is 20.6 Å². The fraction of sp³-hybridized carbons (Fsp3) is 0.294. The second-order valence-corrected chi connectivity index (χ2v) is 5.84. The molecule has 3 heterocycles. The number of hydrogen-bond acceptors (Lipinski definition) is 4. The average Bonchev–Trinajstić information content (AvgIpc) is 2.89. The first-order chi connectivity index (χ1) is 10.7. The lowest BCUT2D eigenvalue weighted by Crippen LogP contribution is -2.33. The third-order valence-electron chi connectivity index (χ3n) is 4.19. The van der Waals surface area contributed by atoms with E-state index in [-0.39, 0.29) is 0 Å². The molecule has 0 aliphatic carbocycles. The maximum atomic E-state index is 6.05. The Morgan fingerprint density at radius 2 is 2.18 bits per heavy atom. The van der Waals surface area contributed by atoms with Crippen LogP contribution in [0.4, 0.5) is 0 Å². The predicted octanol–water partition coefficient (Wildman–Crippen LogP) is 2.79. The maximum Gasteiger partial charge on any atom is 0.225 e. The van der Waals surface area contributed by atoms with Crippen LogP contribution in [0.3, 0.4) is 0 Å². The number of rotatable bonds is 2. The molecule has 1 aliphatic rings. The molecule has 0 fully saturated rings. The van der Waals surface area contributed by atoms with Crippen LogP contribution in [0.5, 0.6) is 11.6 Å². The summed E-state index contributed by atoms with van der Waals surface area (Å²) in [5.74, 6) is 1.49. The first kappa shape index (κ1) is 13.3. The summed E-state index contributed by atoms with van der Waals surface area (Å²) in [6, 6.07) is 8.61. The van der Waals surface area contributed by atoms with Crippen molar-refractivity contribution < 1.29 is 4.74 Å². The Bertz CT molecular complexity index is 840. The van der Waals surface area contributed by atoms with Crippen LogP contribution in [0.1, 0.15) is 18.2 Å². The summed E-state index contributed by atoms with van der Waals surface area (Å²) in [4.78, 5) is 8.69. The molecule has 1 atom stereocenters. The maximum absolute atomic E-state index is 6.05. The van der Waals surface area contributed by atoms with Gasteiger partial charge in [-0.2, -0.15) is 0 Å². The van der Waals surface area contributed by atoms with Crippen LogP contribution in [-0.2, 0) is 20.0 Å². The van der Waals surface area contributed by atoms with E-state index in [4.69, 9.17) is 4.74 Å². The molecule has 0 amide bonds. The van der Waals surface area contributed by atoms with Crippen molar-refractivity contribution in [3.8, 4) is 11.6 Å². The van der Waals surface area contributed by atoms with Gasteiger partial charge in [0.15, 0.2) is 0 Å². The quantitative estimate of drug-likeness (QED) is 0.789. The van der Waals surface area contributed by atoms with E-state index in [1.54, 1.807) is 6.33 Å². The number of aromatic nitrogens is 3. The molecular weight excluding hydrogens is 276 g/mol. The van der Waals surface area contributed by atoms with Crippen LogP contribution < -0.4 is 10.1 Å². The molecule has 22 heavy (non-hydrogen) atoms. The number of fused-ring (bicyclic) bond motifs is 2. The molecule has 0 bridgehead atoms. The second kappa shape index (κ2) is 5.10. The van der Waals surface area contributed by atoms with Crippen molar-refractivity contribution in [2.24, 2.45) is 7.05 Å². The Hall–Kier alpha value is -2.40. The number of ether oxygens (including phenoxy) is 1. The summed E-state index contributed by atoms with van der Waals surface area (Å²) in [5.41, 5.74) is 3.33.